The van der Waals surface area contributed by atoms with Gasteiger partial charge in [-0.15, -0.1) is 11.3 Å². The highest BCUT2D eigenvalue weighted by Crippen LogP contribution is 2.23. The predicted octanol–water partition coefficient (Wildman–Crippen LogP) is 4.12. The Morgan fingerprint density at radius 3 is 2.36 bits per heavy atom. The van der Waals surface area contributed by atoms with Gasteiger partial charge in [-0.05, 0) is 61.8 Å². The highest BCUT2D eigenvalue weighted by molar-refractivity contribution is 7.80. The minimum Gasteiger partial charge on any atom is -0.383 e. The van der Waals surface area contributed by atoms with Crippen LogP contribution in [-0.2, 0) is 11.3 Å². The molecule has 2 rings (SSSR count). The fourth-order valence-corrected chi connectivity index (χ4v) is 3.59. The first-order chi connectivity index (χ1) is 12.2. The molecule has 0 radical (unpaired) electrons. The van der Waals surface area contributed by atoms with E-state index in [4.69, 9.17) is 17.0 Å². The van der Waals surface area contributed by atoms with Crippen LogP contribution in [0.3, 0.4) is 0 Å². The summed E-state index contributed by atoms with van der Waals surface area (Å²) in [6, 6.07) is 12.8. The van der Waals surface area contributed by atoms with Crippen LogP contribution >= 0.6 is 23.6 Å². The van der Waals surface area contributed by atoms with E-state index in [-0.39, 0.29) is 0 Å². The maximum atomic E-state index is 5.63. The van der Waals surface area contributed by atoms with E-state index in [1.807, 2.05) is 0 Å². The van der Waals surface area contributed by atoms with Gasteiger partial charge in [0.05, 0.1) is 13.2 Å². The number of nitrogens with one attached hydrogen (secondary N) is 1. The van der Waals surface area contributed by atoms with Crippen LogP contribution in [0, 0.1) is 0 Å². The van der Waals surface area contributed by atoms with Crippen LogP contribution in [-0.4, -0.2) is 38.5 Å². The van der Waals surface area contributed by atoms with E-state index in [9.17, 15) is 0 Å². The smallest absolute Gasteiger partial charge is 0.173 e. The maximum Gasteiger partial charge on any atom is 0.173 e. The van der Waals surface area contributed by atoms with Crippen molar-refractivity contribution in [1.82, 2.24) is 5.32 Å². The molecule has 0 amide bonds. The lowest BCUT2D eigenvalue weighted by Crippen LogP contribution is -2.40. The van der Waals surface area contributed by atoms with Gasteiger partial charge in [0.25, 0.3) is 0 Å². The van der Waals surface area contributed by atoms with Crippen LogP contribution in [0.1, 0.15) is 18.7 Å². The molecule has 1 aromatic carbocycles. The molecule has 6 heteroatoms. The Morgan fingerprint density at radius 2 is 1.80 bits per heavy atom. The van der Waals surface area contributed by atoms with Gasteiger partial charge in [-0.25, -0.2) is 0 Å². The Balaban J connectivity index is 2.17. The lowest BCUT2D eigenvalue weighted by molar-refractivity contribution is 0.204. The van der Waals surface area contributed by atoms with Crippen molar-refractivity contribution in [3.05, 3.63) is 46.7 Å². The van der Waals surface area contributed by atoms with E-state index >= 15 is 0 Å². The molecule has 0 aliphatic heterocycles. The minimum absolute atomic E-state index is 0.633. The van der Waals surface area contributed by atoms with Crippen LogP contribution in [0.15, 0.2) is 41.8 Å². The summed E-state index contributed by atoms with van der Waals surface area (Å²) in [5.41, 5.74) is 2.34. The first kappa shape index (κ1) is 19.7. The van der Waals surface area contributed by atoms with Gasteiger partial charge < -0.3 is 19.9 Å². The molecule has 4 nitrogen and oxygen atoms in total. The molecule has 2 aromatic rings. The second-order valence-corrected chi connectivity index (χ2v) is 7.00. The standard InChI is InChI=1S/C19H27N3OS2/c1-4-21(5-2)16-8-10-17(11-9-16)22(15-18-7-6-14-25-18)19(24)20-12-13-23-3/h6-11,14H,4-5,12-13,15H2,1-3H3,(H,20,24). The maximum absolute atomic E-state index is 5.63. The number of rotatable bonds is 9. The molecular weight excluding hydrogens is 350 g/mol. The zero-order chi connectivity index (χ0) is 18.1. The number of thiocarbonyl (C=S) groups is 1. The van der Waals surface area contributed by atoms with Crippen LogP contribution in [0.2, 0.25) is 0 Å². The van der Waals surface area contributed by atoms with Gasteiger partial charge in [0, 0.05) is 43.0 Å². The van der Waals surface area contributed by atoms with Crippen molar-refractivity contribution in [2.24, 2.45) is 0 Å². The van der Waals surface area contributed by atoms with Gasteiger partial charge in [0.1, 0.15) is 0 Å². The normalized spacial score (nSPS) is 10.5. The quantitative estimate of drug-likeness (QED) is 0.524. The fraction of sp³-hybridized carbons (Fsp3) is 0.421. The summed E-state index contributed by atoms with van der Waals surface area (Å²) in [5, 5.41) is 6.10. The van der Waals surface area contributed by atoms with Crippen LogP contribution in [0.4, 0.5) is 11.4 Å². The van der Waals surface area contributed by atoms with Crippen molar-refractivity contribution in [3.63, 3.8) is 0 Å². The number of benzene rings is 1. The molecule has 1 N–H and O–H groups in total. The summed E-state index contributed by atoms with van der Waals surface area (Å²) >= 11 is 7.37. The van der Waals surface area contributed by atoms with Gasteiger partial charge in [-0.3, -0.25) is 0 Å². The third kappa shape index (κ3) is 5.70. The van der Waals surface area contributed by atoms with Crippen LogP contribution in [0.25, 0.3) is 0 Å². The second kappa shape index (κ2) is 10.4. The molecule has 0 atom stereocenters. The van der Waals surface area contributed by atoms with Gasteiger partial charge in [0.15, 0.2) is 5.11 Å². The van der Waals surface area contributed by atoms with E-state index in [1.54, 1.807) is 18.4 Å². The van der Waals surface area contributed by atoms with E-state index < -0.39 is 0 Å². The number of ether oxygens (including phenoxy) is 1. The number of hydrogen-bond donors (Lipinski definition) is 1. The molecular formula is C19H27N3OS2. The van der Waals surface area contributed by atoms with Crippen molar-refractivity contribution in [2.45, 2.75) is 20.4 Å². The first-order valence-electron chi connectivity index (χ1n) is 8.61. The van der Waals surface area contributed by atoms with Crippen molar-refractivity contribution in [1.29, 1.82) is 0 Å². The average molecular weight is 378 g/mol. The Bertz CT molecular complexity index is 625. The van der Waals surface area contributed by atoms with Crippen molar-refractivity contribution < 1.29 is 4.74 Å². The summed E-state index contributed by atoms with van der Waals surface area (Å²) in [7, 11) is 1.69. The first-order valence-corrected chi connectivity index (χ1v) is 9.90. The third-order valence-corrected chi connectivity index (χ3v) is 5.24. The zero-order valence-electron chi connectivity index (χ0n) is 15.2. The zero-order valence-corrected chi connectivity index (χ0v) is 16.8. The third-order valence-electron chi connectivity index (χ3n) is 4.01. The van der Waals surface area contributed by atoms with E-state index in [0.29, 0.717) is 13.2 Å². The Labute approximate surface area is 160 Å². The van der Waals surface area contributed by atoms with Crippen LogP contribution in [0.5, 0.6) is 0 Å². The second-order valence-electron chi connectivity index (χ2n) is 5.58. The van der Waals surface area contributed by atoms with Gasteiger partial charge in [0.2, 0.25) is 0 Å². The van der Waals surface area contributed by atoms with E-state index in [0.717, 1.165) is 30.4 Å². The van der Waals surface area contributed by atoms with E-state index in [1.165, 1.54) is 10.6 Å². The van der Waals surface area contributed by atoms with Gasteiger partial charge in [-0.2, -0.15) is 0 Å². The molecule has 0 saturated carbocycles. The van der Waals surface area contributed by atoms with Crippen LogP contribution < -0.4 is 15.1 Å². The number of anilines is 2. The number of thiophene rings is 1. The predicted molar refractivity (Wildman–Crippen MR) is 113 cm³/mol. The number of hydrogen-bond acceptors (Lipinski definition) is 4. The minimum atomic E-state index is 0.633. The van der Waals surface area contributed by atoms with E-state index in [2.05, 4.69) is 70.7 Å². The summed E-state index contributed by atoms with van der Waals surface area (Å²) in [4.78, 5) is 5.76. The molecule has 136 valence electrons. The van der Waals surface area contributed by atoms with Gasteiger partial charge in [-0.1, -0.05) is 6.07 Å². The topological polar surface area (TPSA) is 27.7 Å². The SMILES string of the molecule is CCN(CC)c1ccc(N(Cc2cccs2)C(=S)NCCOC)cc1. The number of methoxy groups -OCH3 is 1. The molecule has 25 heavy (non-hydrogen) atoms. The molecule has 0 bridgehead atoms. The Morgan fingerprint density at radius 1 is 1.12 bits per heavy atom. The Hall–Kier alpha value is -1.63. The lowest BCUT2D eigenvalue weighted by atomic mass is 10.2. The number of nitrogens with zero attached hydrogens (tertiary/aromatic N) is 2. The Kier molecular flexibility index (Phi) is 8.18. The molecule has 0 fully saturated rings. The summed E-state index contributed by atoms with van der Waals surface area (Å²) < 4.78 is 5.11. The monoisotopic (exact) mass is 377 g/mol. The molecule has 0 spiro atoms. The summed E-state index contributed by atoms with van der Waals surface area (Å²) in [6.45, 7) is 8.46. The van der Waals surface area contributed by atoms with Crippen molar-refractivity contribution in [2.75, 3.05) is 43.2 Å². The molecule has 0 aliphatic rings. The lowest BCUT2D eigenvalue weighted by Gasteiger charge is -2.27. The van der Waals surface area contributed by atoms with Gasteiger partial charge >= 0.3 is 0 Å². The average Bonchev–Trinajstić information content (AvgIpc) is 3.15. The molecule has 1 heterocycles. The highest BCUT2D eigenvalue weighted by Gasteiger charge is 2.14. The molecule has 0 saturated heterocycles. The molecule has 0 unspecified atom stereocenters. The molecule has 0 aliphatic carbocycles. The summed E-state index contributed by atoms with van der Waals surface area (Å²) in [6.07, 6.45) is 0. The van der Waals surface area contributed by atoms with Crippen molar-refractivity contribution in [3.8, 4) is 0 Å². The highest BCUT2D eigenvalue weighted by atomic mass is 32.1. The summed E-state index contributed by atoms with van der Waals surface area (Å²) in [5.74, 6) is 0. The fourth-order valence-electron chi connectivity index (χ4n) is 2.63. The van der Waals surface area contributed by atoms with Crippen molar-refractivity contribution >= 4 is 40.0 Å². The largest absolute Gasteiger partial charge is 0.383 e. The molecule has 1 aromatic heterocycles.